The first-order chi connectivity index (χ1) is 21.1. The average Bonchev–Trinajstić information content (AvgIpc) is 3.07. The van der Waals surface area contributed by atoms with E-state index >= 15 is 0 Å². The van der Waals surface area contributed by atoms with E-state index in [9.17, 15) is 0 Å². The third-order valence-corrected chi connectivity index (χ3v) is 13.1. The molecule has 4 rings (SSSR count). The molecule has 0 aliphatic rings. The van der Waals surface area contributed by atoms with E-state index < -0.39 is 15.8 Å². The Labute approximate surface area is 263 Å². The van der Waals surface area contributed by atoms with E-state index in [1.807, 2.05) is 0 Å². The molecule has 228 valence electrons. The Kier molecular flexibility index (Phi) is 14.4. The second-order valence-corrected chi connectivity index (χ2v) is 15.5. The first kappa shape index (κ1) is 33.5. The van der Waals surface area contributed by atoms with Gasteiger partial charge in [0.1, 0.15) is 0 Å². The van der Waals surface area contributed by atoms with Crippen molar-refractivity contribution in [2.45, 2.75) is 40.8 Å². The van der Waals surface area contributed by atoms with Crippen molar-refractivity contribution < 1.29 is 4.74 Å². The summed E-state index contributed by atoms with van der Waals surface area (Å²) in [5, 5.41) is 5.72. The number of benzene rings is 4. The molecule has 3 nitrogen and oxygen atoms in total. The summed E-state index contributed by atoms with van der Waals surface area (Å²) in [5.41, 5.74) is 2.78. The third-order valence-electron chi connectivity index (χ3n) is 8.15. The van der Waals surface area contributed by atoms with Gasteiger partial charge in [0, 0.05) is 13.1 Å². The molecule has 0 amide bonds. The van der Waals surface area contributed by atoms with Crippen molar-refractivity contribution in [3.63, 3.8) is 0 Å². The predicted molar refractivity (Wildman–Crippen MR) is 192 cm³/mol. The smallest absolute Gasteiger partial charge is 0.0511 e. The van der Waals surface area contributed by atoms with Gasteiger partial charge < -0.3 is 4.74 Å². The summed E-state index contributed by atoms with van der Waals surface area (Å²) >= 11 is 0. The summed E-state index contributed by atoms with van der Waals surface area (Å²) in [6.07, 6.45) is 2.08. The topological polar surface area (TPSA) is 15.7 Å². The lowest BCUT2D eigenvalue weighted by molar-refractivity contribution is 0.166. The van der Waals surface area contributed by atoms with Crippen LogP contribution in [0.2, 0.25) is 0 Å². The number of rotatable bonds is 18. The Morgan fingerprint density at radius 1 is 0.442 bits per heavy atom. The number of ether oxygens (including phenoxy) is 1. The van der Waals surface area contributed by atoms with Crippen molar-refractivity contribution in [1.29, 1.82) is 0 Å². The minimum Gasteiger partial charge on any atom is -0.381 e. The van der Waals surface area contributed by atoms with E-state index in [4.69, 9.17) is 4.74 Å². The Hall–Kier alpha value is -2.38. The van der Waals surface area contributed by atoms with Crippen molar-refractivity contribution in [2.24, 2.45) is 0 Å². The molecule has 0 radical (unpaired) electrons. The van der Waals surface area contributed by atoms with Gasteiger partial charge in [0.15, 0.2) is 0 Å². The molecule has 43 heavy (non-hydrogen) atoms. The van der Waals surface area contributed by atoms with Crippen LogP contribution >= 0.6 is 15.8 Å². The van der Waals surface area contributed by atoms with Crippen LogP contribution < -0.4 is 21.2 Å². The average molecular weight is 613 g/mol. The summed E-state index contributed by atoms with van der Waals surface area (Å²) in [4.78, 5) is 4.93. The van der Waals surface area contributed by atoms with Crippen molar-refractivity contribution >= 4 is 37.1 Å². The summed E-state index contributed by atoms with van der Waals surface area (Å²) in [6.45, 7) is 16.9. The largest absolute Gasteiger partial charge is 0.381 e. The molecule has 4 aromatic carbocycles. The molecule has 0 saturated carbocycles. The summed E-state index contributed by atoms with van der Waals surface area (Å²) < 4.78 is 6.41. The number of nitrogens with zero attached hydrogens (tertiary/aromatic N) is 2. The van der Waals surface area contributed by atoms with Gasteiger partial charge >= 0.3 is 0 Å². The van der Waals surface area contributed by atoms with E-state index in [2.05, 4.69) is 147 Å². The van der Waals surface area contributed by atoms with Gasteiger partial charge in [0.25, 0.3) is 0 Å². The SMILES string of the molecule is CCN(CC)Cc1ccc(P(CCOCCP(c2ccccc2)c2ccc(CN(CC)CC)cc2)c2ccccc2)cc1. The van der Waals surface area contributed by atoms with Crippen LogP contribution in [0.4, 0.5) is 0 Å². The monoisotopic (exact) mass is 612 g/mol. The maximum absolute atomic E-state index is 6.41. The third kappa shape index (κ3) is 10.3. The zero-order valence-corrected chi connectivity index (χ0v) is 28.4. The standard InChI is InChI=1S/C38H50N2OP2/c1-5-39(6-2)31-33-19-23-37(24-20-33)42(35-15-11-9-12-16-35)29-27-41-28-30-43(36-17-13-10-14-18-36)38-25-21-34(22-26-38)32-40(7-3)8-4/h9-26H,5-8,27-32H2,1-4H3. The molecule has 5 heteroatoms. The molecule has 0 aliphatic carbocycles. The van der Waals surface area contributed by atoms with Gasteiger partial charge in [-0.2, -0.15) is 0 Å². The molecule has 0 saturated heterocycles. The van der Waals surface area contributed by atoms with Crippen LogP contribution in [0.3, 0.4) is 0 Å². The maximum atomic E-state index is 6.41. The fourth-order valence-corrected chi connectivity index (χ4v) is 9.75. The predicted octanol–water partition coefficient (Wildman–Crippen LogP) is 6.95. The maximum Gasteiger partial charge on any atom is 0.0511 e. The molecule has 0 fully saturated rings. The van der Waals surface area contributed by atoms with Crippen LogP contribution in [0.15, 0.2) is 109 Å². The first-order valence-electron chi connectivity index (χ1n) is 16.0. The van der Waals surface area contributed by atoms with Crippen molar-refractivity contribution in [3.05, 3.63) is 120 Å². The minimum absolute atomic E-state index is 0.462. The summed E-state index contributed by atoms with van der Waals surface area (Å²) in [6, 6.07) is 40.8. The highest BCUT2D eigenvalue weighted by Crippen LogP contribution is 2.35. The van der Waals surface area contributed by atoms with Crippen LogP contribution in [-0.2, 0) is 17.8 Å². The number of hydrogen-bond donors (Lipinski definition) is 0. The second kappa shape index (κ2) is 18.4. The van der Waals surface area contributed by atoms with Gasteiger partial charge in [0.05, 0.1) is 13.2 Å². The molecular formula is C38H50N2OP2. The van der Waals surface area contributed by atoms with Gasteiger partial charge in [-0.1, -0.05) is 137 Å². The molecule has 0 spiro atoms. The quantitative estimate of drug-likeness (QED) is 0.0894. The Bertz CT molecular complexity index is 1190. The highest BCUT2D eigenvalue weighted by atomic mass is 31.1. The highest BCUT2D eigenvalue weighted by molar-refractivity contribution is 7.73. The molecule has 0 aromatic heterocycles. The van der Waals surface area contributed by atoms with Crippen LogP contribution in [-0.4, -0.2) is 61.5 Å². The fraction of sp³-hybridized carbons (Fsp3) is 0.368. The van der Waals surface area contributed by atoms with Crippen LogP contribution in [0, 0.1) is 0 Å². The molecule has 0 aliphatic heterocycles. The summed E-state index contributed by atoms with van der Waals surface area (Å²) in [5.74, 6) is 0. The fourth-order valence-electron chi connectivity index (χ4n) is 5.42. The Morgan fingerprint density at radius 3 is 1.09 bits per heavy atom. The van der Waals surface area contributed by atoms with Crippen LogP contribution in [0.5, 0.6) is 0 Å². The molecule has 2 atom stereocenters. The second-order valence-electron chi connectivity index (χ2n) is 10.8. The molecule has 2 unspecified atom stereocenters. The zero-order chi connectivity index (χ0) is 30.3. The van der Waals surface area contributed by atoms with Crippen LogP contribution in [0.1, 0.15) is 38.8 Å². The molecule has 0 bridgehead atoms. The van der Waals surface area contributed by atoms with E-state index in [1.54, 1.807) is 0 Å². The lowest BCUT2D eigenvalue weighted by atomic mass is 10.2. The van der Waals surface area contributed by atoms with E-state index in [1.165, 1.54) is 32.3 Å². The zero-order valence-electron chi connectivity index (χ0n) is 26.7. The number of hydrogen-bond acceptors (Lipinski definition) is 3. The lowest BCUT2D eigenvalue weighted by Crippen LogP contribution is -2.23. The van der Waals surface area contributed by atoms with Crippen molar-refractivity contribution in [3.8, 4) is 0 Å². The molecular weight excluding hydrogens is 562 g/mol. The van der Waals surface area contributed by atoms with E-state index in [0.29, 0.717) is 0 Å². The van der Waals surface area contributed by atoms with Gasteiger partial charge in [0.2, 0.25) is 0 Å². The molecule has 4 aromatic rings. The highest BCUT2D eigenvalue weighted by Gasteiger charge is 2.16. The minimum atomic E-state index is -0.462. The van der Waals surface area contributed by atoms with Crippen LogP contribution in [0.25, 0.3) is 0 Å². The van der Waals surface area contributed by atoms with Crippen molar-refractivity contribution in [2.75, 3.05) is 51.7 Å². The van der Waals surface area contributed by atoms with E-state index in [-0.39, 0.29) is 0 Å². The molecule has 0 N–H and O–H groups in total. The molecule has 0 heterocycles. The Morgan fingerprint density at radius 2 is 0.767 bits per heavy atom. The van der Waals surface area contributed by atoms with Gasteiger partial charge in [-0.15, -0.1) is 0 Å². The van der Waals surface area contributed by atoms with Gasteiger partial charge in [-0.05, 0) is 86.7 Å². The van der Waals surface area contributed by atoms with Gasteiger partial charge in [-0.3, -0.25) is 9.80 Å². The Balaban J connectivity index is 1.39. The normalized spacial score (nSPS) is 13.0. The van der Waals surface area contributed by atoms with Gasteiger partial charge in [-0.25, -0.2) is 0 Å². The van der Waals surface area contributed by atoms with Crippen molar-refractivity contribution in [1.82, 2.24) is 9.80 Å². The van der Waals surface area contributed by atoms with E-state index in [0.717, 1.165) is 64.8 Å². The summed E-state index contributed by atoms with van der Waals surface area (Å²) in [7, 11) is -0.924. The first-order valence-corrected chi connectivity index (χ1v) is 19.1. The lowest BCUT2D eigenvalue weighted by Gasteiger charge is -2.22.